The zero-order valence-electron chi connectivity index (χ0n) is 48.7. The van der Waals surface area contributed by atoms with Gasteiger partial charge in [0.15, 0.2) is 46.0 Å². The second-order valence-corrected chi connectivity index (χ2v) is 22.4. The van der Waals surface area contributed by atoms with E-state index in [4.69, 9.17) is 42.6 Å². The number of methoxy groups -OCH3 is 2. The SMILES string of the molecule is CCOCC(=O)OCOc1c(OC)ccnc1C(=O)C[C@H]1CCCC[C@H](CC2CCCC2)[C@@H](Oc2ccccc2)[C@H](C)OC1=O.COc1ccnc(C(=O)C[C@H]2CCCC[C@H](CC3CCCC3)[C@@H](Oc3ccccc3)[C@H](C)OC2=O)c1O. The van der Waals surface area contributed by atoms with Crippen molar-refractivity contribution in [2.75, 3.05) is 34.2 Å². The average Bonchev–Trinajstić information content (AvgIpc) is 4.35. The number of para-hydroxylation sites is 2. The summed E-state index contributed by atoms with van der Waals surface area (Å²) >= 11 is 0. The molecule has 1 N–H and O–H groups in total. The first-order valence-electron chi connectivity index (χ1n) is 29.9. The molecule has 17 heteroatoms. The predicted octanol–water partition coefficient (Wildman–Crippen LogP) is 12.5. The second kappa shape index (κ2) is 32.8. The minimum atomic E-state index is -0.659. The van der Waals surface area contributed by atoms with Gasteiger partial charge in [0.25, 0.3) is 0 Å². The molecule has 8 rings (SSSR count). The highest BCUT2D eigenvalue weighted by molar-refractivity contribution is 6.00. The molecular weight excluding hydrogens is 1050 g/mol. The van der Waals surface area contributed by atoms with Crippen molar-refractivity contribution in [3.05, 3.63) is 96.6 Å². The van der Waals surface area contributed by atoms with Gasteiger partial charge in [-0.05, 0) is 107 Å². The topological polar surface area (TPSA) is 214 Å². The average molecular weight is 1140 g/mol. The molecule has 446 valence electrons. The molecule has 0 amide bonds. The molecule has 17 nitrogen and oxygen atoms in total. The van der Waals surface area contributed by atoms with Crippen LogP contribution in [-0.2, 0) is 33.3 Å². The van der Waals surface area contributed by atoms with Crippen LogP contribution in [0, 0.1) is 35.5 Å². The summed E-state index contributed by atoms with van der Waals surface area (Å²) < 4.78 is 51.4. The summed E-state index contributed by atoms with van der Waals surface area (Å²) in [7, 11) is 2.85. The van der Waals surface area contributed by atoms with Crippen LogP contribution < -0.4 is 23.7 Å². The lowest BCUT2D eigenvalue weighted by atomic mass is 9.82. The summed E-state index contributed by atoms with van der Waals surface area (Å²) in [5, 5.41) is 10.4. The van der Waals surface area contributed by atoms with Crippen LogP contribution in [0.1, 0.15) is 170 Å². The van der Waals surface area contributed by atoms with Crippen molar-refractivity contribution < 1.29 is 71.7 Å². The molecule has 4 fully saturated rings. The van der Waals surface area contributed by atoms with Gasteiger partial charge in [0, 0.05) is 44.0 Å². The Hall–Kier alpha value is -6.75. The van der Waals surface area contributed by atoms with Gasteiger partial charge in [-0.15, -0.1) is 0 Å². The van der Waals surface area contributed by atoms with Crippen LogP contribution in [0.4, 0.5) is 0 Å². The molecule has 2 aromatic heterocycles. The van der Waals surface area contributed by atoms with Crippen molar-refractivity contribution in [3.63, 3.8) is 0 Å². The lowest BCUT2D eigenvalue weighted by Crippen LogP contribution is -2.42. The van der Waals surface area contributed by atoms with Crippen LogP contribution in [-0.4, -0.2) is 103 Å². The Morgan fingerprint density at radius 3 is 1.50 bits per heavy atom. The molecule has 2 saturated heterocycles. The van der Waals surface area contributed by atoms with Crippen LogP contribution in [0.3, 0.4) is 0 Å². The smallest absolute Gasteiger partial charge is 0.334 e. The van der Waals surface area contributed by atoms with E-state index in [-0.39, 0.29) is 72.0 Å². The van der Waals surface area contributed by atoms with E-state index < -0.39 is 60.3 Å². The number of carbonyl (C=O) groups is 5. The Balaban J connectivity index is 0.000000240. The first kappa shape index (κ1) is 62.8. The maximum absolute atomic E-state index is 13.6. The van der Waals surface area contributed by atoms with Crippen LogP contribution in [0.25, 0.3) is 0 Å². The number of carbonyl (C=O) groups excluding carboxylic acids is 5. The molecule has 0 radical (unpaired) electrons. The molecule has 2 aliphatic heterocycles. The number of rotatable bonds is 22. The summed E-state index contributed by atoms with van der Waals surface area (Å²) in [5.41, 5.74) is -0.0886. The predicted molar refractivity (Wildman–Crippen MR) is 306 cm³/mol. The maximum atomic E-state index is 13.6. The number of benzene rings is 2. The number of aromatic nitrogens is 2. The fraction of sp³-hybridized carbons (Fsp3) is 0.585. The van der Waals surface area contributed by atoms with Crippen LogP contribution in [0.2, 0.25) is 0 Å². The van der Waals surface area contributed by atoms with Crippen LogP contribution >= 0.6 is 0 Å². The number of nitrogens with zero attached hydrogens (tertiary/aromatic N) is 2. The molecule has 4 aromatic rings. The van der Waals surface area contributed by atoms with Gasteiger partial charge in [0.05, 0.1) is 26.1 Å². The van der Waals surface area contributed by atoms with E-state index in [1.54, 1.807) is 13.0 Å². The summed E-state index contributed by atoms with van der Waals surface area (Å²) in [6.45, 7) is 5.27. The fourth-order valence-electron chi connectivity index (χ4n) is 12.3. The van der Waals surface area contributed by atoms with Crippen molar-refractivity contribution in [1.82, 2.24) is 9.97 Å². The third kappa shape index (κ3) is 18.6. The lowest BCUT2D eigenvalue weighted by molar-refractivity contribution is -0.161. The number of pyridine rings is 2. The highest BCUT2D eigenvalue weighted by Gasteiger charge is 2.39. The fourth-order valence-corrected chi connectivity index (χ4v) is 12.3. The molecule has 2 aliphatic carbocycles. The minimum absolute atomic E-state index is 0.00457. The molecule has 2 saturated carbocycles. The highest BCUT2D eigenvalue weighted by atomic mass is 16.7. The number of hydrogen-bond acceptors (Lipinski definition) is 17. The van der Waals surface area contributed by atoms with E-state index in [1.165, 1.54) is 84.0 Å². The molecule has 0 spiro atoms. The second-order valence-electron chi connectivity index (χ2n) is 22.4. The minimum Gasteiger partial charge on any atom is -0.503 e. The van der Waals surface area contributed by atoms with Gasteiger partial charge in [-0.3, -0.25) is 19.2 Å². The van der Waals surface area contributed by atoms with Crippen molar-refractivity contribution >= 4 is 29.5 Å². The van der Waals surface area contributed by atoms with E-state index in [9.17, 15) is 29.1 Å². The largest absolute Gasteiger partial charge is 0.503 e. The summed E-state index contributed by atoms with van der Waals surface area (Å²) in [6, 6.07) is 22.5. The van der Waals surface area contributed by atoms with Gasteiger partial charge in [0.2, 0.25) is 6.79 Å². The molecule has 8 atom stereocenters. The Labute approximate surface area is 483 Å². The third-order valence-electron chi connectivity index (χ3n) is 16.6. The molecule has 82 heavy (non-hydrogen) atoms. The van der Waals surface area contributed by atoms with Gasteiger partial charge in [-0.2, -0.15) is 0 Å². The molecule has 0 unspecified atom stereocenters. The van der Waals surface area contributed by atoms with Crippen molar-refractivity contribution in [2.24, 2.45) is 35.5 Å². The van der Waals surface area contributed by atoms with Gasteiger partial charge >= 0.3 is 17.9 Å². The van der Waals surface area contributed by atoms with Crippen molar-refractivity contribution in [2.45, 2.75) is 174 Å². The Morgan fingerprint density at radius 1 is 0.585 bits per heavy atom. The summed E-state index contributed by atoms with van der Waals surface area (Å²) in [6.07, 6.45) is 20.0. The number of esters is 3. The van der Waals surface area contributed by atoms with Crippen LogP contribution in [0.5, 0.6) is 34.5 Å². The third-order valence-corrected chi connectivity index (χ3v) is 16.6. The first-order valence-corrected chi connectivity index (χ1v) is 29.9. The molecule has 4 aliphatic rings. The Kier molecular flexibility index (Phi) is 25.1. The maximum Gasteiger partial charge on any atom is 0.334 e. The Morgan fingerprint density at radius 2 is 1.02 bits per heavy atom. The van der Waals surface area contributed by atoms with E-state index in [2.05, 4.69) is 9.97 Å². The zero-order valence-corrected chi connectivity index (χ0v) is 48.7. The molecule has 2 aromatic carbocycles. The van der Waals surface area contributed by atoms with Gasteiger partial charge in [-0.25, -0.2) is 14.8 Å². The monoisotopic (exact) mass is 1130 g/mol. The first-order chi connectivity index (χ1) is 39.8. The number of Topliss-reactive ketones (excluding diaryl/α,β-unsaturated/α-hetero) is 2. The number of cyclic esters (lactones) is 2. The van der Waals surface area contributed by atoms with Gasteiger partial charge in [-0.1, -0.05) is 113 Å². The molecule has 0 bridgehead atoms. The van der Waals surface area contributed by atoms with Crippen molar-refractivity contribution in [1.29, 1.82) is 0 Å². The van der Waals surface area contributed by atoms with E-state index >= 15 is 0 Å². The summed E-state index contributed by atoms with van der Waals surface area (Å²) in [5.74, 6) is 0.142. The quantitative estimate of drug-likeness (QED) is 0.0335. The van der Waals surface area contributed by atoms with Gasteiger partial charge < -0.3 is 47.7 Å². The van der Waals surface area contributed by atoms with E-state index in [0.29, 0.717) is 37.2 Å². The van der Waals surface area contributed by atoms with E-state index in [1.807, 2.05) is 74.5 Å². The molecule has 4 heterocycles. The van der Waals surface area contributed by atoms with Crippen LogP contribution in [0.15, 0.2) is 85.2 Å². The number of aromatic hydroxyl groups is 1. The standard InChI is InChI=1S/C35H47NO9.C30H39NO6/c1-4-41-22-31(38)42-23-43-34-30(40-3)18-19-36-32(34)29(37)21-27-15-11-10-14-26(20-25-12-8-9-13-25)33(24(2)44-35(27)39)45-28-16-6-5-7-17-28;1-20-29(37-24-14-4-3-5-15-24)22(18-21-10-6-7-11-21)12-8-9-13-23(30(34)36-20)19-25(32)27-28(33)26(35-2)16-17-31-27/h5-7,16-19,24-27,33H,4,8-15,20-23H2,1-3H3;3-5,14-17,20-23,29,33H,6-13,18-19H2,1-2H3/t24-,26+,27+,33-;20-,22+,23+,29-/m00/s1. The van der Waals surface area contributed by atoms with Gasteiger partial charge in [0.1, 0.15) is 42.5 Å². The zero-order chi connectivity index (χ0) is 58.2. The normalized spacial score (nSPS) is 23.9. The highest BCUT2D eigenvalue weighted by Crippen LogP contribution is 2.40. The van der Waals surface area contributed by atoms with E-state index in [0.717, 1.165) is 62.9 Å². The lowest BCUT2D eigenvalue weighted by Gasteiger charge is -2.35. The molecular formula is C65H86N2O15. The number of hydrogen-bond donors (Lipinski definition) is 1. The van der Waals surface area contributed by atoms with Crippen molar-refractivity contribution in [3.8, 4) is 34.5 Å². The number of ether oxygens (including phenoxy) is 9. The Bertz CT molecular complexity index is 2620. The summed E-state index contributed by atoms with van der Waals surface area (Å²) in [4.78, 5) is 73.7. The number of ketones is 2.